The molecule has 0 fully saturated rings. The van der Waals surface area contributed by atoms with Gasteiger partial charge >= 0.3 is 6.03 Å². The van der Waals surface area contributed by atoms with Crippen LogP contribution in [0.15, 0.2) is 48.7 Å². The van der Waals surface area contributed by atoms with Crippen LogP contribution < -0.4 is 10.6 Å². The first-order valence-corrected chi connectivity index (χ1v) is 7.76. The third kappa shape index (κ3) is 2.76. The fourth-order valence-corrected chi connectivity index (χ4v) is 2.92. The summed E-state index contributed by atoms with van der Waals surface area (Å²) in [5.74, 6) is 0.415. The lowest BCUT2D eigenvalue weighted by molar-refractivity contribution is 0.256. The summed E-state index contributed by atoms with van der Waals surface area (Å²) in [5.41, 5.74) is 11.3. The van der Waals surface area contributed by atoms with Crippen molar-refractivity contribution in [3.05, 3.63) is 65.4 Å². The van der Waals surface area contributed by atoms with E-state index >= 15 is 0 Å². The summed E-state index contributed by atoms with van der Waals surface area (Å²) in [6.45, 7) is 5.93. The second-order valence-electron chi connectivity index (χ2n) is 5.85. The number of carbonyl (C=O) groups is 1. The van der Waals surface area contributed by atoms with Crippen LogP contribution in [0.5, 0.6) is 0 Å². The first-order valence-electron chi connectivity index (χ1n) is 7.76. The van der Waals surface area contributed by atoms with E-state index in [9.17, 15) is 4.79 Å². The number of rotatable bonds is 3. The van der Waals surface area contributed by atoms with Gasteiger partial charge in [-0.2, -0.15) is 0 Å². The number of nitrogens with two attached hydrogens (primary N) is 1. The number of hydrogen-bond acceptors (Lipinski definition) is 2. The van der Waals surface area contributed by atoms with E-state index in [0.29, 0.717) is 5.95 Å². The summed E-state index contributed by atoms with van der Waals surface area (Å²) in [6, 6.07) is 13.3. The zero-order valence-electron chi connectivity index (χ0n) is 14.0. The Hall–Kier alpha value is -3.08. The van der Waals surface area contributed by atoms with Gasteiger partial charge in [-0.05, 0) is 37.5 Å². The number of primary amides is 1. The highest BCUT2D eigenvalue weighted by molar-refractivity contribution is 5.98. The molecule has 2 amide bonds. The predicted molar refractivity (Wildman–Crippen MR) is 96.4 cm³/mol. The number of hydrogen-bond donors (Lipinski definition) is 2. The molecule has 0 atom stereocenters. The molecule has 5 nitrogen and oxygen atoms in total. The number of aromatic amines is 1. The Bertz CT molecular complexity index is 878. The van der Waals surface area contributed by atoms with E-state index in [1.165, 1.54) is 4.90 Å². The fraction of sp³-hybridized carbons (Fsp3) is 0.158. The highest BCUT2D eigenvalue weighted by atomic mass is 16.2. The zero-order valence-corrected chi connectivity index (χ0v) is 14.0. The number of aromatic nitrogens is 2. The lowest BCUT2D eigenvalue weighted by Gasteiger charge is -2.21. The number of aryl methyl sites for hydroxylation is 3. The van der Waals surface area contributed by atoms with Crippen LogP contribution in [0.25, 0.3) is 11.3 Å². The third-order valence-corrected chi connectivity index (χ3v) is 4.09. The van der Waals surface area contributed by atoms with Gasteiger partial charge in [-0.15, -0.1) is 0 Å². The third-order valence-electron chi connectivity index (χ3n) is 4.09. The van der Waals surface area contributed by atoms with Crippen LogP contribution in [0.2, 0.25) is 0 Å². The first-order chi connectivity index (χ1) is 11.5. The number of H-pyrrole nitrogens is 1. The Morgan fingerprint density at radius 3 is 2.25 bits per heavy atom. The Kier molecular flexibility index (Phi) is 4.08. The second kappa shape index (κ2) is 6.20. The molecule has 3 rings (SSSR count). The Morgan fingerprint density at radius 1 is 1.00 bits per heavy atom. The lowest BCUT2D eigenvalue weighted by Crippen LogP contribution is -2.33. The van der Waals surface area contributed by atoms with Crippen molar-refractivity contribution in [3.8, 4) is 11.3 Å². The highest BCUT2D eigenvalue weighted by Crippen LogP contribution is 2.31. The molecule has 3 aromatic rings. The van der Waals surface area contributed by atoms with E-state index in [1.54, 1.807) is 6.20 Å². The van der Waals surface area contributed by atoms with Crippen LogP contribution >= 0.6 is 0 Å². The molecule has 0 saturated heterocycles. The van der Waals surface area contributed by atoms with E-state index in [4.69, 9.17) is 5.73 Å². The maximum Gasteiger partial charge on any atom is 0.326 e. The van der Waals surface area contributed by atoms with Gasteiger partial charge in [-0.25, -0.2) is 14.7 Å². The summed E-state index contributed by atoms with van der Waals surface area (Å²) in [7, 11) is 0. The van der Waals surface area contributed by atoms with Crippen molar-refractivity contribution >= 4 is 17.7 Å². The minimum atomic E-state index is -0.571. The summed E-state index contributed by atoms with van der Waals surface area (Å²) in [6.07, 6.45) is 1.72. The van der Waals surface area contributed by atoms with Gasteiger partial charge in [-0.1, -0.05) is 42.5 Å². The Labute approximate surface area is 141 Å². The van der Waals surface area contributed by atoms with Crippen molar-refractivity contribution in [1.29, 1.82) is 0 Å². The molecule has 5 heteroatoms. The summed E-state index contributed by atoms with van der Waals surface area (Å²) in [4.78, 5) is 21.1. The molecule has 1 heterocycles. The number of anilines is 2. The summed E-state index contributed by atoms with van der Waals surface area (Å²) >= 11 is 0. The molecule has 122 valence electrons. The number of amides is 2. The van der Waals surface area contributed by atoms with Crippen LogP contribution in [-0.2, 0) is 0 Å². The lowest BCUT2D eigenvalue weighted by atomic mass is 10.1. The number of imidazole rings is 1. The number of nitrogens with zero attached hydrogens (tertiary/aromatic N) is 2. The van der Waals surface area contributed by atoms with Gasteiger partial charge in [0.2, 0.25) is 5.95 Å². The summed E-state index contributed by atoms with van der Waals surface area (Å²) in [5, 5.41) is 0. The zero-order chi connectivity index (χ0) is 17.3. The molecule has 0 spiro atoms. The van der Waals surface area contributed by atoms with Crippen molar-refractivity contribution in [3.63, 3.8) is 0 Å². The molecule has 2 aromatic carbocycles. The van der Waals surface area contributed by atoms with Gasteiger partial charge in [-0.3, -0.25) is 0 Å². The van der Waals surface area contributed by atoms with Gasteiger partial charge in [0.15, 0.2) is 0 Å². The fourth-order valence-electron chi connectivity index (χ4n) is 2.92. The molecule has 0 unspecified atom stereocenters. The van der Waals surface area contributed by atoms with Crippen LogP contribution in [-0.4, -0.2) is 16.0 Å². The minimum Gasteiger partial charge on any atom is -0.351 e. The van der Waals surface area contributed by atoms with Crippen molar-refractivity contribution in [2.24, 2.45) is 5.73 Å². The van der Waals surface area contributed by atoms with Crippen LogP contribution in [0.1, 0.15) is 16.7 Å². The number of carbonyl (C=O) groups excluding carboxylic acids is 1. The van der Waals surface area contributed by atoms with E-state index in [1.807, 2.05) is 63.2 Å². The molecule has 0 radical (unpaired) electrons. The van der Waals surface area contributed by atoms with Crippen molar-refractivity contribution in [2.45, 2.75) is 20.8 Å². The molecule has 0 aliphatic rings. The van der Waals surface area contributed by atoms with Crippen molar-refractivity contribution in [2.75, 3.05) is 4.90 Å². The average molecular weight is 320 g/mol. The van der Waals surface area contributed by atoms with Crippen LogP contribution in [0.4, 0.5) is 16.4 Å². The van der Waals surface area contributed by atoms with Gasteiger partial charge in [0.25, 0.3) is 0 Å². The van der Waals surface area contributed by atoms with Crippen LogP contribution in [0.3, 0.4) is 0 Å². The maximum absolute atomic E-state index is 12.1. The SMILES string of the molecule is Cc1ccccc1-c1cnc(N(C(N)=O)c2c(C)cccc2C)[nH]1. The van der Waals surface area contributed by atoms with E-state index in [0.717, 1.165) is 33.6 Å². The normalized spacial score (nSPS) is 10.6. The quantitative estimate of drug-likeness (QED) is 0.758. The molecular weight excluding hydrogens is 300 g/mol. The van der Waals surface area contributed by atoms with Gasteiger partial charge < -0.3 is 10.7 Å². The monoisotopic (exact) mass is 320 g/mol. The maximum atomic E-state index is 12.1. The molecule has 0 saturated carbocycles. The standard InChI is InChI=1S/C19H20N4O/c1-12-7-4-5-10-15(12)16-11-21-19(22-16)23(18(20)24)17-13(2)8-6-9-14(17)3/h4-11H,1-3H3,(H2,20,24)(H,21,22). The molecular formula is C19H20N4O. The number of nitrogens with one attached hydrogen (secondary N) is 1. The van der Waals surface area contributed by atoms with Crippen LogP contribution in [0, 0.1) is 20.8 Å². The van der Waals surface area contributed by atoms with Gasteiger partial charge in [0.1, 0.15) is 0 Å². The molecule has 0 aliphatic heterocycles. The Morgan fingerprint density at radius 2 is 1.62 bits per heavy atom. The second-order valence-corrected chi connectivity index (χ2v) is 5.85. The molecule has 1 aromatic heterocycles. The van der Waals surface area contributed by atoms with E-state index in [-0.39, 0.29) is 0 Å². The first kappa shape index (κ1) is 15.8. The molecule has 0 bridgehead atoms. The van der Waals surface area contributed by atoms with Gasteiger partial charge in [0, 0.05) is 5.56 Å². The van der Waals surface area contributed by atoms with E-state index < -0.39 is 6.03 Å². The summed E-state index contributed by atoms with van der Waals surface area (Å²) < 4.78 is 0. The largest absolute Gasteiger partial charge is 0.351 e. The molecule has 0 aliphatic carbocycles. The number of para-hydroxylation sites is 1. The van der Waals surface area contributed by atoms with Gasteiger partial charge in [0.05, 0.1) is 17.6 Å². The van der Waals surface area contributed by atoms with E-state index in [2.05, 4.69) is 9.97 Å². The smallest absolute Gasteiger partial charge is 0.326 e. The topological polar surface area (TPSA) is 75.0 Å². The van der Waals surface area contributed by atoms with Crippen molar-refractivity contribution < 1.29 is 4.79 Å². The van der Waals surface area contributed by atoms with Crippen molar-refractivity contribution in [1.82, 2.24) is 9.97 Å². The average Bonchev–Trinajstić information content (AvgIpc) is 3.00. The molecule has 24 heavy (non-hydrogen) atoms. The Balaban J connectivity index is 2.09. The highest BCUT2D eigenvalue weighted by Gasteiger charge is 2.22. The predicted octanol–water partition coefficient (Wildman–Crippen LogP) is 4.22. The number of urea groups is 1. The minimum absolute atomic E-state index is 0.415. The molecule has 3 N–H and O–H groups in total. The number of benzene rings is 2.